The van der Waals surface area contributed by atoms with Gasteiger partial charge < -0.3 is 15.5 Å². The van der Waals surface area contributed by atoms with Crippen LogP contribution in [0.25, 0.3) is 0 Å². The number of piperidine rings is 1. The van der Waals surface area contributed by atoms with Crippen LogP contribution in [0.3, 0.4) is 0 Å². The fourth-order valence-electron chi connectivity index (χ4n) is 5.17. The Bertz CT molecular complexity index is 422. The van der Waals surface area contributed by atoms with Crippen LogP contribution < -0.4 is 10.6 Å². The maximum Gasteiger partial charge on any atom is 0.223 e. The molecule has 4 aliphatic rings. The normalized spacial score (nSPS) is 32.2. The van der Waals surface area contributed by atoms with Crippen molar-refractivity contribution in [3.63, 3.8) is 0 Å². The molecule has 0 aromatic heterocycles. The van der Waals surface area contributed by atoms with Gasteiger partial charge in [-0.1, -0.05) is 12.8 Å². The predicted molar refractivity (Wildman–Crippen MR) is 102 cm³/mol. The predicted octanol–water partition coefficient (Wildman–Crippen LogP) is 2.60. The van der Waals surface area contributed by atoms with E-state index in [-0.39, 0.29) is 24.8 Å². The van der Waals surface area contributed by atoms with E-state index in [0.717, 1.165) is 38.4 Å². The lowest BCUT2D eigenvalue weighted by Gasteiger charge is -2.24. The van der Waals surface area contributed by atoms with Crippen molar-refractivity contribution < 1.29 is 4.79 Å². The molecule has 1 spiro atoms. The fraction of sp³-hybridized carbons (Fsp3) is 0.944. The van der Waals surface area contributed by atoms with Gasteiger partial charge in [0.2, 0.25) is 5.91 Å². The maximum absolute atomic E-state index is 12.5. The smallest absolute Gasteiger partial charge is 0.223 e. The van der Waals surface area contributed by atoms with E-state index in [2.05, 4.69) is 15.5 Å². The summed E-state index contributed by atoms with van der Waals surface area (Å²) in [6, 6.07) is 0.410. The molecule has 0 aromatic rings. The number of halogens is 2. The van der Waals surface area contributed by atoms with Crippen LogP contribution in [-0.4, -0.2) is 49.6 Å². The number of hydrogen-bond acceptors (Lipinski definition) is 3. The zero-order valence-corrected chi connectivity index (χ0v) is 16.2. The van der Waals surface area contributed by atoms with Gasteiger partial charge in [0.25, 0.3) is 0 Å². The molecule has 4 rings (SSSR count). The van der Waals surface area contributed by atoms with Crippen LogP contribution >= 0.6 is 24.8 Å². The Morgan fingerprint density at radius 1 is 1.12 bits per heavy atom. The number of likely N-dealkylation sites (tertiary alicyclic amines) is 1. The molecule has 2 unspecified atom stereocenters. The number of amides is 1. The van der Waals surface area contributed by atoms with E-state index in [1.807, 2.05) is 0 Å². The second-order valence-electron chi connectivity index (χ2n) is 8.27. The molecule has 24 heavy (non-hydrogen) atoms. The van der Waals surface area contributed by atoms with Crippen LogP contribution in [-0.2, 0) is 4.79 Å². The minimum Gasteiger partial charge on any atom is -0.352 e. The van der Waals surface area contributed by atoms with Gasteiger partial charge in [0.15, 0.2) is 0 Å². The van der Waals surface area contributed by atoms with E-state index in [1.54, 1.807) is 0 Å². The average molecular weight is 378 g/mol. The molecule has 2 atom stereocenters. The van der Waals surface area contributed by atoms with Crippen molar-refractivity contribution in [1.29, 1.82) is 0 Å². The van der Waals surface area contributed by atoms with Crippen molar-refractivity contribution in [3.05, 3.63) is 0 Å². The fourth-order valence-corrected chi connectivity index (χ4v) is 5.17. The molecule has 0 radical (unpaired) electrons. The molecule has 1 amide bonds. The summed E-state index contributed by atoms with van der Waals surface area (Å²) >= 11 is 0. The van der Waals surface area contributed by atoms with E-state index < -0.39 is 0 Å². The molecule has 2 aliphatic heterocycles. The van der Waals surface area contributed by atoms with Gasteiger partial charge in [-0.2, -0.15) is 0 Å². The van der Waals surface area contributed by atoms with Gasteiger partial charge in [-0.25, -0.2) is 0 Å². The topological polar surface area (TPSA) is 44.4 Å². The summed E-state index contributed by atoms with van der Waals surface area (Å²) in [5.41, 5.74) is 0.372. The van der Waals surface area contributed by atoms with Crippen LogP contribution in [0.4, 0.5) is 0 Å². The number of carbonyl (C=O) groups is 1. The second kappa shape index (κ2) is 8.57. The number of rotatable bonds is 4. The first-order valence-electron chi connectivity index (χ1n) is 9.49. The average Bonchev–Trinajstić information content (AvgIpc) is 2.91. The lowest BCUT2D eigenvalue weighted by atomic mass is 9.91. The van der Waals surface area contributed by atoms with Crippen molar-refractivity contribution >= 4 is 30.7 Å². The lowest BCUT2D eigenvalue weighted by molar-refractivity contribution is -0.123. The Labute approximate surface area is 158 Å². The summed E-state index contributed by atoms with van der Waals surface area (Å²) in [7, 11) is 0. The molecule has 2 heterocycles. The second-order valence-corrected chi connectivity index (χ2v) is 8.27. The molecule has 140 valence electrons. The van der Waals surface area contributed by atoms with E-state index in [1.165, 1.54) is 51.6 Å². The molecular formula is C18H33Cl2N3O. The number of carbonyl (C=O) groups excluding carboxylic acids is 1. The highest BCUT2D eigenvalue weighted by atomic mass is 35.5. The lowest BCUT2D eigenvalue weighted by Crippen LogP contribution is -2.40. The van der Waals surface area contributed by atoms with Gasteiger partial charge in [0, 0.05) is 31.6 Å². The molecule has 4 nitrogen and oxygen atoms in total. The Kier molecular flexibility index (Phi) is 7.24. The SMILES string of the molecule is Cl.Cl.O=C(NC1CCN(CC2CCCC2)C1)C1CC12CCNCC2. The Hall–Kier alpha value is -0.0300. The number of nitrogens with zero attached hydrogens (tertiary/aromatic N) is 1. The Morgan fingerprint density at radius 2 is 1.83 bits per heavy atom. The zero-order valence-electron chi connectivity index (χ0n) is 14.6. The van der Waals surface area contributed by atoms with Gasteiger partial charge in [-0.15, -0.1) is 24.8 Å². The zero-order chi connectivity index (χ0) is 15.0. The van der Waals surface area contributed by atoms with Gasteiger partial charge in [-0.3, -0.25) is 4.79 Å². The Balaban J connectivity index is 0.00000104. The first kappa shape index (κ1) is 20.3. The molecule has 4 fully saturated rings. The highest BCUT2D eigenvalue weighted by Gasteiger charge is 2.57. The van der Waals surface area contributed by atoms with Gasteiger partial charge in [0.05, 0.1) is 0 Å². The van der Waals surface area contributed by atoms with Crippen molar-refractivity contribution in [1.82, 2.24) is 15.5 Å². The van der Waals surface area contributed by atoms with Crippen LogP contribution in [0.1, 0.15) is 51.4 Å². The molecule has 2 aliphatic carbocycles. The first-order chi connectivity index (χ1) is 10.8. The monoisotopic (exact) mass is 377 g/mol. The molecular weight excluding hydrogens is 345 g/mol. The first-order valence-corrected chi connectivity index (χ1v) is 9.49. The molecule has 0 bridgehead atoms. The van der Waals surface area contributed by atoms with Crippen LogP contribution in [0.2, 0.25) is 0 Å². The summed E-state index contributed by atoms with van der Waals surface area (Å²) < 4.78 is 0. The third-order valence-electron chi connectivity index (χ3n) is 6.72. The van der Waals surface area contributed by atoms with Gasteiger partial charge >= 0.3 is 0 Å². The summed E-state index contributed by atoms with van der Waals surface area (Å²) in [6.45, 7) is 5.74. The summed E-state index contributed by atoms with van der Waals surface area (Å²) in [6.07, 6.45) is 10.4. The van der Waals surface area contributed by atoms with Crippen LogP contribution in [0.15, 0.2) is 0 Å². The minimum atomic E-state index is 0. The van der Waals surface area contributed by atoms with Crippen molar-refractivity contribution in [3.8, 4) is 0 Å². The maximum atomic E-state index is 12.5. The highest BCUT2D eigenvalue weighted by Crippen LogP contribution is 2.58. The van der Waals surface area contributed by atoms with E-state index >= 15 is 0 Å². The van der Waals surface area contributed by atoms with Crippen molar-refractivity contribution in [2.45, 2.75) is 57.4 Å². The molecule has 2 N–H and O–H groups in total. The largest absolute Gasteiger partial charge is 0.352 e. The van der Waals surface area contributed by atoms with E-state index in [4.69, 9.17) is 0 Å². The minimum absolute atomic E-state index is 0. The highest BCUT2D eigenvalue weighted by molar-refractivity contribution is 5.85. The standard InChI is InChI=1S/C18H31N3O.2ClH/c22-17(16-11-18(16)6-8-19-9-7-18)20-15-5-10-21(13-15)12-14-3-1-2-4-14;;/h14-16,19H,1-13H2,(H,20,22);2*1H. The Morgan fingerprint density at radius 3 is 2.54 bits per heavy atom. The third kappa shape index (κ3) is 4.38. The molecule has 6 heteroatoms. The summed E-state index contributed by atoms with van der Waals surface area (Å²) in [5.74, 6) is 1.60. The molecule has 2 saturated carbocycles. The van der Waals surface area contributed by atoms with E-state index in [9.17, 15) is 4.79 Å². The van der Waals surface area contributed by atoms with Gasteiger partial charge in [0.1, 0.15) is 0 Å². The quantitative estimate of drug-likeness (QED) is 0.791. The van der Waals surface area contributed by atoms with E-state index in [0.29, 0.717) is 23.3 Å². The summed E-state index contributed by atoms with van der Waals surface area (Å²) in [4.78, 5) is 15.1. The molecule has 0 aromatic carbocycles. The van der Waals surface area contributed by atoms with Crippen molar-refractivity contribution in [2.24, 2.45) is 17.3 Å². The van der Waals surface area contributed by atoms with Crippen LogP contribution in [0.5, 0.6) is 0 Å². The van der Waals surface area contributed by atoms with Crippen molar-refractivity contribution in [2.75, 3.05) is 32.7 Å². The molecule has 2 saturated heterocycles. The third-order valence-corrected chi connectivity index (χ3v) is 6.72. The summed E-state index contributed by atoms with van der Waals surface area (Å²) in [5, 5.41) is 6.78. The van der Waals surface area contributed by atoms with Crippen LogP contribution in [0, 0.1) is 17.3 Å². The number of nitrogens with one attached hydrogen (secondary N) is 2. The number of hydrogen-bond donors (Lipinski definition) is 2. The van der Waals surface area contributed by atoms with Gasteiger partial charge in [-0.05, 0) is 62.9 Å².